The summed E-state index contributed by atoms with van der Waals surface area (Å²) < 4.78 is 5.30. The molecule has 1 heterocycles. The van der Waals surface area contributed by atoms with Gasteiger partial charge in [-0.2, -0.15) is 5.10 Å². The van der Waals surface area contributed by atoms with E-state index in [1.807, 2.05) is 60.7 Å². The highest BCUT2D eigenvalue weighted by Crippen LogP contribution is 2.12. The first-order valence-corrected chi connectivity index (χ1v) is 10.0. The van der Waals surface area contributed by atoms with Crippen LogP contribution in [-0.4, -0.2) is 34.8 Å². The normalized spacial score (nSPS) is 12.5. The standard InChI is InChI=1S/C24H26N4O3/c1-24(2,3)31-23(30)27-21(15-17-8-5-4-6-9-17)22(29)28-26-16-18-11-12-20-19(14-18)10-7-13-25-20/h4-14,16,21H,15H2,1-3H3,(H,27,30)(H,28,29)/b26-16-/t21-/m0/s1. The molecule has 0 saturated carbocycles. The van der Waals surface area contributed by atoms with Crippen LogP contribution in [0.2, 0.25) is 0 Å². The predicted molar refractivity (Wildman–Crippen MR) is 121 cm³/mol. The fourth-order valence-electron chi connectivity index (χ4n) is 2.93. The lowest BCUT2D eigenvalue weighted by atomic mass is 10.1. The van der Waals surface area contributed by atoms with Crippen LogP contribution < -0.4 is 10.7 Å². The number of amides is 2. The molecular weight excluding hydrogens is 392 g/mol. The summed E-state index contributed by atoms with van der Waals surface area (Å²) in [6.45, 7) is 5.30. The van der Waals surface area contributed by atoms with E-state index in [0.717, 1.165) is 22.0 Å². The summed E-state index contributed by atoms with van der Waals surface area (Å²) >= 11 is 0. The maximum absolute atomic E-state index is 12.7. The molecule has 0 unspecified atom stereocenters. The first kappa shape index (κ1) is 22.0. The van der Waals surface area contributed by atoms with Crippen molar-refractivity contribution in [2.45, 2.75) is 38.8 Å². The Morgan fingerprint density at radius 1 is 1.10 bits per heavy atom. The van der Waals surface area contributed by atoms with Gasteiger partial charge < -0.3 is 10.1 Å². The maximum atomic E-state index is 12.7. The van der Waals surface area contributed by atoms with Gasteiger partial charge in [0.2, 0.25) is 0 Å². The van der Waals surface area contributed by atoms with Gasteiger partial charge in [-0.05, 0) is 50.1 Å². The number of aromatic nitrogens is 1. The number of hydrazone groups is 1. The van der Waals surface area contributed by atoms with Crippen LogP contribution in [0.4, 0.5) is 4.79 Å². The van der Waals surface area contributed by atoms with Crippen molar-refractivity contribution in [1.82, 2.24) is 15.7 Å². The lowest BCUT2D eigenvalue weighted by molar-refractivity contribution is -0.123. The third-order valence-corrected chi connectivity index (χ3v) is 4.31. The molecule has 7 nitrogen and oxygen atoms in total. The molecule has 2 aromatic carbocycles. The van der Waals surface area contributed by atoms with Gasteiger partial charge in [-0.1, -0.05) is 42.5 Å². The molecule has 7 heteroatoms. The van der Waals surface area contributed by atoms with Crippen molar-refractivity contribution < 1.29 is 14.3 Å². The molecule has 0 aliphatic rings. The number of benzene rings is 2. The smallest absolute Gasteiger partial charge is 0.408 e. The van der Waals surface area contributed by atoms with Crippen LogP contribution in [0.15, 0.2) is 72.0 Å². The first-order valence-electron chi connectivity index (χ1n) is 10.0. The summed E-state index contributed by atoms with van der Waals surface area (Å²) in [7, 11) is 0. The van der Waals surface area contributed by atoms with Crippen LogP contribution in [0, 0.1) is 0 Å². The van der Waals surface area contributed by atoms with Gasteiger partial charge in [-0.3, -0.25) is 9.78 Å². The number of nitrogens with one attached hydrogen (secondary N) is 2. The van der Waals surface area contributed by atoms with E-state index in [9.17, 15) is 9.59 Å². The van der Waals surface area contributed by atoms with E-state index < -0.39 is 23.6 Å². The second-order valence-electron chi connectivity index (χ2n) is 8.08. The Kier molecular flexibility index (Phi) is 6.97. The van der Waals surface area contributed by atoms with Gasteiger partial charge in [0.05, 0.1) is 11.7 Å². The molecule has 2 amide bonds. The van der Waals surface area contributed by atoms with E-state index in [1.165, 1.54) is 0 Å². The Balaban J connectivity index is 1.68. The number of alkyl carbamates (subject to hydrolysis) is 1. The molecule has 0 saturated heterocycles. The van der Waals surface area contributed by atoms with E-state index in [2.05, 4.69) is 20.8 Å². The molecule has 0 bridgehead atoms. The van der Waals surface area contributed by atoms with Crippen LogP contribution in [-0.2, 0) is 16.0 Å². The zero-order valence-corrected chi connectivity index (χ0v) is 17.8. The monoisotopic (exact) mass is 418 g/mol. The van der Waals surface area contributed by atoms with E-state index in [0.29, 0.717) is 6.42 Å². The van der Waals surface area contributed by atoms with Gasteiger partial charge >= 0.3 is 6.09 Å². The van der Waals surface area contributed by atoms with E-state index in [-0.39, 0.29) is 0 Å². The lowest BCUT2D eigenvalue weighted by Crippen LogP contribution is -2.48. The number of ether oxygens (including phenoxy) is 1. The molecule has 1 aromatic heterocycles. The minimum Gasteiger partial charge on any atom is -0.444 e. The maximum Gasteiger partial charge on any atom is 0.408 e. The zero-order chi connectivity index (χ0) is 22.3. The van der Waals surface area contributed by atoms with Gasteiger partial charge in [0.15, 0.2) is 0 Å². The van der Waals surface area contributed by atoms with E-state index in [4.69, 9.17) is 4.74 Å². The van der Waals surface area contributed by atoms with Crippen molar-refractivity contribution in [2.24, 2.45) is 5.10 Å². The number of pyridine rings is 1. The van der Waals surface area contributed by atoms with Gasteiger partial charge in [0, 0.05) is 18.0 Å². The average Bonchev–Trinajstić information content (AvgIpc) is 2.72. The Morgan fingerprint density at radius 3 is 2.61 bits per heavy atom. The van der Waals surface area contributed by atoms with Crippen LogP contribution >= 0.6 is 0 Å². The van der Waals surface area contributed by atoms with Crippen LogP contribution in [0.5, 0.6) is 0 Å². The highest BCUT2D eigenvalue weighted by molar-refractivity contribution is 5.90. The molecule has 0 aliphatic carbocycles. The number of hydrogen-bond acceptors (Lipinski definition) is 5. The van der Waals surface area contributed by atoms with Crippen molar-refractivity contribution >= 4 is 29.1 Å². The van der Waals surface area contributed by atoms with Crippen molar-refractivity contribution in [3.63, 3.8) is 0 Å². The lowest BCUT2D eigenvalue weighted by Gasteiger charge is -2.23. The molecule has 0 spiro atoms. The number of hydrogen-bond donors (Lipinski definition) is 2. The molecule has 2 N–H and O–H groups in total. The van der Waals surface area contributed by atoms with Gasteiger partial charge in [0.25, 0.3) is 5.91 Å². The summed E-state index contributed by atoms with van der Waals surface area (Å²) in [6, 6.07) is 18.1. The minimum absolute atomic E-state index is 0.309. The number of rotatable bonds is 6. The Bertz CT molecular complexity index is 1070. The Labute approximate surface area is 181 Å². The summed E-state index contributed by atoms with van der Waals surface area (Å²) in [5.74, 6) is -0.437. The summed E-state index contributed by atoms with van der Waals surface area (Å²) in [6.07, 6.45) is 2.94. The van der Waals surface area contributed by atoms with Crippen molar-refractivity contribution in [3.05, 3.63) is 78.0 Å². The number of carbonyl (C=O) groups is 2. The molecule has 31 heavy (non-hydrogen) atoms. The number of fused-ring (bicyclic) bond motifs is 1. The third-order valence-electron chi connectivity index (χ3n) is 4.31. The molecule has 160 valence electrons. The number of nitrogens with zero attached hydrogens (tertiary/aromatic N) is 2. The van der Waals surface area contributed by atoms with Crippen LogP contribution in [0.1, 0.15) is 31.9 Å². The van der Waals surface area contributed by atoms with Crippen molar-refractivity contribution in [1.29, 1.82) is 0 Å². The molecule has 3 aromatic rings. The molecule has 3 rings (SSSR count). The molecule has 0 radical (unpaired) electrons. The van der Waals surface area contributed by atoms with Gasteiger partial charge in [0.1, 0.15) is 11.6 Å². The van der Waals surface area contributed by atoms with Crippen molar-refractivity contribution in [3.8, 4) is 0 Å². The topological polar surface area (TPSA) is 92.7 Å². The van der Waals surface area contributed by atoms with E-state index in [1.54, 1.807) is 33.2 Å². The van der Waals surface area contributed by atoms with Crippen LogP contribution in [0.25, 0.3) is 10.9 Å². The van der Waals surface area contributed by atoms with Gasteiger partial charge in [-0.15, -0.1) is 0 Å². The second-order valence-corrected chi connectivity index (χ2v) is 8.08. The molecular formula is C24H26N4O3. The SMILES string of the molecule is CC(C)(C)OC(=O)N[C@@H](Cc1ccccc1)C(=O)N/N=C\c1ccc2ncccc2c1. The predicted octanol–water partition coefficient (Wildman–Crippen LogP) is 3.82. The molecule has 1 atom stereocenters. The van der Waals surface area contributed by atoms with Crippen LogP contribution in [0.3, 0.4) is 0 Å². The third kappa shape index (κ3) is 6.92. The summed E-state index contributed by atoms with van der Waals surface area (Å²) in [5.41, 5.74) is 4.46. The Morgan fingerprint density at radius 2 is 1.87 bits per heavy atom. The highest BCUT2D eigenvalue weighted by atomic mass is 16.6. The highest BCUT2D eigenvalue weighted by Gasteiger charge is 2.24. The quantitative estimate of drug-likeness (QED) is 0.470. The number of carbonyl (C=O) groups excluding carboxylic acids is 2. The summed E-state index contributed by atoms with van der Waals surface area (Å²) in [5, 5.41) is 7.67. The largest absolute Gasteiger partial charge is 0.444 e. The average molecular weight is 418 g/mol. The second kappa shape index (κ2) is 9.84. The molecule has 0 fully saturated rings. The van der Waals surface area contributed by atoms with Gasteiger partial charge in [-0.25, -0.2) is 10.2 Å². The minimum atomic E-state index is -0.838. The fraction of sp³-hybridized carbons (Fsp3) is 0.250. The molecule has 0 aliphatic heterocycles. The summed E-state index contributed by atoms with van der Waals surface area (Å²) in [4.78, 5) is 29.3. The first-order chi connectivity index (χ1) is 14.8. The van der Waals surface area contributed by atoms with Crippen molar-refractivity contribution in [2.75, 3.05) is 0 Å². The Hall–Kier alpha value is -3.74. The van der Waals surface area contributed by atoms with E-state index >= 15 is 0 Å². The zero-order valence-electron chi connectivity index (χ0n) is 17.8. The fourth-order valence-corrected chi connectivity index (χ4v) is 2.93.